The summed E-state index contributed by atoms with van der Waals surface area (Å²) >= 11 is 0. The van der Waals surface area contributed by atoms with E-state index >= 15 is 0 Å². The topological polar surface area (TPSA) is 87.0 Å². The average Bonchev–Trinajstić information content (AvgIpc) is 2.73. The van der Waals surface area contributed by atoms with Gasteiger partial charge in [0.1, 0.15) is 0 Å². The number of nitro groups is 1. The monoisotopic (exact) mass is 386 g/mol. The van der Waals surface area contributed by atoms with Crippen molar-refractivity contribution in [2.24, 2.45) is 0 Å². The zero-order chi connectivity index (χ0) is 19.9. The van der Waals surface area contributed by atoms with Gasteiger partial charge in [-0.3, -0.25) is 24.6 Å². The van der Waals surface area contributed by atoms with Gasteiger partial charge in [-0.1, -0.05) is 0 Å². The highest BCUT2D eigenvalue weighted by Crippen LogP contribution is 2.14. The van der Waals surface area contributed by atoms with Crippen LogP contribution < -0.4 is 0 Å². The van der Waals surface area contributed by atoms with Crippen molar-refractivity contribution in [1.82, 2.24) is 14.7 Å². The number of rotatable bonds is 5. The molecule has 8 nitrogen and oxygen atoms in total. The van der Waals surface area contributed by atoms with Gasteiger partial charge in [0.05, 0.1) is 11.5 Å². The summed E-state index contributed by atoms with van der Waals surface area (Å²) in [6, 6.07) is 6.07. The predicted octanol–water partition coefficient (Wildman–Crippen LogP) is 1.76. The largest absolute Gasteiger partial charge is 0.342 e. The van der Waals surface area contributed by atoms with Crippen molar-refractivity contribution in [3.8, 4) is 0 Å². The number of piperazine rings is 1. The van der Waals surface area contributed by atoms with Gasteiger partial charge in [-0.25, -0.2) is 0 Å². The molecule has 0 saturated carbocycles. The van der Waals surface area contributed by atoms with Gasteiger partial charge in [0, 0.05) is 57.5 Å². The molecule has 0 spiro atoms. The fourth-order valence-corrected chi connectivity index (χ4v) is 3.54. The third kappa shape index (κ3) is 5.39. The summed E-state index contributed by atoms with van der Waals surface area (Å²) < 4.78 is 0. The molecule has 2 saturated heterocycles. The summed E-state index contributed by atoms with van der Waals surface area (Å²) in [5.74, 6) is 0.109. The molecular formula is C20H26N4O4. The fraction of sp³-hybridized carbons (Fsp3) is 0.500. The Morgan fingerprint density at radius 2 is 1.57 bits per heavy atom. The Kier molecular flexibility index (Phi) is 6.76. The first kappa shape index (κ1) is 20.0. The quantitative estimate of drug-likeness (QED) is 0.437. The Morgan fingerprint density at radius 3 is 2.18 bits per heavy atom. The average molecular weight is 386 g/mol. The summed E-state index contributed by atoms with van der Waals surface area (Å²) in [5.41, 5.74) is 0.767. The van der Waals surface area contributed by atoms with Crippen LogP contribution in [0, 0.1) is 10.1 Å². The highest BCUT2D eigenvalue weighted by atomic mass is 16.6. The third-order valence-electron chi connectivity index (χ3n) is 5.27. The van der Waals surface area contributed by atoms with Crippen LogP contribution in [-0.4, -0.2) is 77.3 Å². The molecule has 0 aliphatic carbocycles. The van der Waals surface area contributed by atoms with Crippen molar-refractivity contribution in [3.63, 3.8) is 0 Å². The standard InChI is InChI=1S/C20H26N4O4/c25-19(9-6-17-4-7-18(8-5-17)24(27)28)23-14-12-21(13-15-23)16-20(26)22-10-2-1-3-11-22/h4-9H,1-3,10-16H2/b9-6+. The fourth-order valence-electron chi connectivity index (χ4n) is 3.54. The van der Waals surface area contributed by atoms with Crippen LogP contribution in [0.2, 0.25) is 0 Å². The highest BCUT2D eigenvalue weighted by molar-refractivity contribution is 5.91. The summed E-state index contributed by atoms with van der Waals surface area (Å²) in [6.07, 6.45) is 6.55. The summed E-state index contributed by atoms with van der Waals surface area (Å²) in [4.78, 5) is 40.8. The predicted molar refractivity (Wildman–Crippen MR) is 106 cm³/mol. The number of non-ortho nitro benzene ring substituents is 1. The Balaban J connectivity index is 1.44. The molecule has 3 rings (SSSR count). The lowest BCUT2D eigenvalue weighted by Gasteiger charge is -2.35. The Bertz CT molecular complexity index is 733. The minimum absolute atomic E-state index is 0.0266. The Hall–Kier alpha value is -2.74. The molecule has 2 aliphatic heterocycles. The highest BCUT2D eigenvalue weighted by Gasteiger charge is 2.24. The molecule has 0 atom stereocenters. The van der Waals surface area contributed by atoms with Crippen molar-refractivity contribution < 1.29 is 14.5 Å². The number of carbonyl (C=O) groups is 2. The normalized spacial score (nSPS) is 18.4. The number of benzene rings is 1. The number of likely N-dealkylation sites (tertiary alicyclic amines) is 1. The molecular weight excluding hydrogens is 360 g/mol. The molecule has 8 heteroatoms. The maximum atomic E-state index is 12.4. The molecule has 0 aromatic heterocycles. The molecule has 0 N–H and O–H groups in total. The summed E-state index contributed by atoms with van der Waals surface area (Å²) in [5, 5.41) is 10.7. The van der Waals surface area contributed by atoms with E-state index in [1.165, 1.54) is 24.6 Å². The van der Waals surface area contributed by atoms with E-state index in [1.54, 1.807) is 23.1 Å². The number of carbonyl (C=O) groups excluding carboxylic acids is 2. The number of piperidine rings is 1. The smallest absolute Gasteiger partial charge is 0.269 e. The maximum Gasteiger partial charge on any atom is 0.269 e. The first-order chi connectivity index (χ1) is 13.5. The van der Waals surface area contributed by atoms with Gasteiger partial charge in [0.15, 0.2) is 0 Å². The van der Waals surface area contributed by atoms with Crippen LogP contribution in [0.3, 0.4) is 0 Å². The molecule has 0 unspecified atom stereocenters. The molecule has 1 aromatic carbocycles. The molecule has 1 aromatic rings. The number of nitro benzene ring substituents is 1. The lowest BCUT2D eigenvalue weighted by molar-refractivity contribution is -0.384. The molecule has 2 fully saturated rings. The van der Waals surface area contributed by atoms with Gasteiger partial charge in [-0.05, 0) is 43.0 Å². The Morgan fingerprint density at radius 1 is 0.929 bits per heavy atom. The second-order valence-corrected chi connectivity index (χ2v) is 7.22. The lowest BCUT2D eigenvalue weighted by Crippen LogP contribution is -2.51. The first-order valence-electron chi connectivity index (χ1n) is 9.74. The van der Waals surface area contributed by atoms with E-state index in [0.29, 0.717) is 32.7 Å². The van der Waals surface area contributed by atoms with Gasteiger partial charge >= 0.3 is 0 Å². The molecule has 2 heterocycles. The molecule has 2 aliphatic rings. The van der Waals surface area contributed by atoms with E-state index < -0.39 is 4.92 Å². The van der Waals surface area contributed by atoms with Crippen molar-refractivity contribution >= 4 is 23.6 Å². The van der Waals surface area contributed by atoms with Gasteiger partial charge in [0.2, 0.25) is 11.8 Å². The third-order valence-corrected chi connectivity index (χ3v) is 5.27. The number of hydrogen-bond donors (Lipinski definition) is 0. The van der Waals surface area contributed by atoms with E-state index in [9.17, 15) is 19.7 Å². The van der Waals surface area contributed by atoms with E-state index in [1.807, 2.05) is 4.90 Å². The first-order valence-corrected chi connectivity index (χ1v) is 9.74. The van der Waals surface area contributed by atoms with E-state index in [2.05, 4.69) is 4.90 Å². The number of nitrogens with zero attached hydrogens (tertiary/aromatic N) is 4. The number of amides is 2. The number of hydrogen-bond acceptors (Lipinski definition) is 5. The van der Waals surface area contributed by atoms with Crippen LogP contribution in [0.1, 0.15) is 24.8 Å². The minimum Gasteiger partial charge on any atom is -0.342 e. The minimum atomic E-state index is -0.450. The van der Waals surface area contributed by atoms with Crippen LogP contribution in [-0.2, 0) is 9.59 Å². The van der Waals surface area contributed by atoms with Gasteiger partial charge < -0.3 is 9.80 Å². The molecule has 0 bridgehead atoms. The van der Waals surface area contributed by atoms with Crippen LogP contribution in [0.25, 0.3) is 6.08 Å². The SMILES string of the molecule is O=C(/C=C/c1ccc([N+](=O)[O-])cc1)N1CCN(CC(=O)N2CCCCC2)CC1. The van der Waals surface area contributed by atoms with E-state index in [-0.39, 0.29) is 17.5 Å². The van der Waals surface area contributed by atoms with E-state index in [0.717, 1.165) is 31.5 Å². The van der Waals surface area contributed by atoms with Gasteiger partial charge in [-0.15, -0.1) is 0 Å². The Labute approximate surface area is 164 Å². The summed E-state index contributed by atoms with van der Waals surface area (Å²) in [7, 11) is 0. The van der Waals surface area contributed by atoms with Crippen LogP contribution in [0.15, 0.2) is 30.3 Å². The molecule has 2 amide bonds. The second-order valence-electron chi connectivity index (χ2n) is 7.22. The van der Waals surface area contributed by atoms with Crippen molar-refractivity contribution in [2.45, 2.75) is 19.3 Å². The summed E-state index contributed by atoms with van der Waals surface area (Å²) in [6.45, 7) is 4.73. The second kappa shape index (κ2) is 9.45. The molecule has 28 heavy (non-hydrogen) atoms. The molecule has 0 radical (unpaired) electrons. The van der Waals surface area contributed by atoms with Gasteiger partial charge in [-0.2, -0.15) is 0 Å². The zero-order valence-electron chi connectivity index (χ0n) is 16.0. The zero-order valence-corrected chi connectivity index (χ0v) is 16.0. The van der Waals surface area contributed by atoms with Crippen molar-refractivity contribution in [3.05, 3.63) is 46.0 Å². The van der Waals surface area contributed by atoms with Gasteiger partial charge in [0.25, 0.3) is 5.69 Å². The van der Waals surface area contributed by atoms with Crippen LogP contribution >= 0.6 is 0 Å². The van der Waals surface area contributed by atoms with Crippen molar-refractivity contribution in [1.29, 1.82) is 0 Å². The molecule has 150 valence electrons. The van der Waals surface area contributed by atoms with Crippen LogP contribution in [0.5, 0.6) is 0 Å². The van der Waals surface area contributed by atoms with Crippen LogP contribution in [0.4, 0.5) is 5.69 Å². The van der Waals surface area contributed by atoms with Crippen molar-refractivity contribution in [2.75, 3.05) is 45.8 Å². The lowest BCUT2D eigenvalue weighted by atomic mass is 10.1. The van der Waals surface area contributed by atoms with E-state index in [4.69, 9.17) is 0 Å². The maximum absolute atomic E-state index is 12.4.